The third-order valence-electron chi connectivity index (χ3n) is 7.94. The first kappa shape index (κ1) is 24.5. The first-order chi connectivity index (χ1) is 16.7. The lowest BCUT2D eigenvalue weighted by Crippen LogP contribution is -2.15. The average Bonchev–Trinajstić information content (AvgIpc) is 2.90. The van der Waals surface area contributed by atoms with E-state index in [-0.39, 0.29) is 0 Å². The van der Waals surface area contributed by atoms with Crippen LogP contribution in [0.3, 0.4) is 0 Å². The van der Waals surface area contributed by atoms with Crippen LogP contribution < -0.4 is 0 Å². The summed E-state index contributed by atoms with van der Waals surface area (Å²) in [5, 5.41) is 0. The molecule has 0 bridgehead atoms. The quantitative estimate of drug-likeness (QED) is 0.270. The fourth-order valence-electron chi connectivity index (χ4n) is 5.63. The van der Waals surface area contributed by atoms with Crippen LogP contribution in [0.25, 0.3) is 11.1 Å². The van der Waals surface area contributed by atoms with Crippen LogP contribution in [-0.4, -0.2) is 0 Å². The normalized spacial score (nSPS) is 19.4. The first-order valence-electron chi connectivity index (χ1n) is 13.6. The summed E-state index contributed by atoms with van der Waals surface area (Å²) >= 11 is 0. The second kappa shape index (κ2) is 12.7. The summed E-state index contributed by atoms with van der Waals surface area (Å²) in [7, 11) is 0. The molecule has 0 heteroatoms. The molecule has 0 aromatic heterocycles. The first-order valence-corrected chi connectivity index (χ1v) is 13.6. The standard InChI is InChI=1S/C34H42/c1-3-4-6-9-28-12-14-29(15-13-28)16-17-30-18-22-33(23-19-30)34-24-20-31(21-25-34)26-27(2)32-10-7-5-8-11-32/h3-5,7-8,10-11,18-25,27-29H,6,9,12-17,26H2,1-2H3/b4-3+/t27-,28?,29?/m1/s1. The van der Waals surface area contributed by atoms with Crippen molar-refractivity contribution in [2.45, 2.75) is 77.6 Å². The number of benzene rings is 3. The zero-order chi connectivity index (χ0) is 23.6. The summed E-state index contributed by atoms with van der Waals surface area (Å²) in [4.78, 5) is 0. The van der Waals surface area contributed by atoms with Crippen molar-refractivity contribution in [1.29, 1.82) is 0 Å². The van der Waals surface area contributed by atoms with E-state index in [4.69, 9.17) is 0 Å². The third-order valence-corrected chi connectivity index (χ3v) is 7.94. The van der Waals surface area contributed by atoms with Crippen molar-refractivity contribution in [3.8, 4) is 11.1 Å². The van der Waals surface area contributed by atoms with E-state index in [0.717, 1.165) is 18.3 Å². The molecule has 0 N–H and O–H groups in total. The van der Waals surface area contributed by atoms with Gasteiger partial charge in [0.05, 0.1) is 0 Å². The molecule has 1 aliphatic carbocycles. The molecule has 1 saturated carbocycles. The summed E-state index contributed by atoms with van der Waals surface area (Å²) in [6, 6.07) is 29.3. The van der Waals surface area contributed by atoms with Gasteiger partial charge in [0.1, 0.15) is 0 Å². The lowest BCUT2D eigenvalue weighted by atomic mass is 9.78. The Balaban J connectivity index is 1.23. The molecule has 0 nitrogen and oxygen atoms in total. The SMILES string of the molecule is C/C=C/CCC1CCC(CCc2ccc(-c3ccc(C[C@@H](C)c4ccccc4)cc3)cc2)CC1. The fourth-order valence-corrected chi connectivity index (χ4v) is 5.63. The zero-order valence-corrected chi connectivity index (χ0v) is 21.3. The molecular weight excluding hydrogens is 408 g/mol. The second-order valence-corrected chi connectivity index (χ2v) is 10.5. The Morgan fingerprint density at radius 2 is 1.26 bits per heavy atom. The van der Waals surface area contributed by atoms with Gasteiger partial charge < -0.3 is 0 Å². The predicted octanol–water partition coefficient (Wildman–Crippen LogP) is 9.80. The van der Waals surface area contributed by atoms with E-state index in [1.54, 1.807) is 0 Å². The molecule has 0 saturated heterocycles. The number of hydrogen-bond acceptors (Lipinski definition) is 0. The molecule has 34 heavy (non-hydrogen) atoms. The van der Waals surface area contributed by atoms with Crippen LogP contribution in [0.4, 0.5) is 0 Å². The van der Waals surface area contributed by atoms with E-state index >= 15 is 0 Å². The summed E-state index contributed by atoms with van der Waals surface area (Å²) in [5.41, 5.74) is 6.96. The maximum atomic E-state index is 2.35. The van der Waals surface area contributed by atoms with Gasteiger partial charge in [-0.3, -0.25) is 0 Å². The highest BCUT2D eigenvalue weighted by Gasteiger charge is 2.20. The van der Waals surface area contributed by atoms with E-state index in [1.165, 1.54) is 79.2 Å². The molecule has 3 aromatic carbocycles. The van der Waals surface area contributed by atoms with Gasteiger partial charge in [0.15, 0.2) is 0 Å². The maximum Gasteiger partial charge on any atom is -0.0150 e. The van der Waals surface area contributed by atoms with Crippen LogP contribution in [0.5, 0.6) is 0 Å². The topological polar surface area (TPSA) is 0 Å². The third kappa shape index (κ3) is 7.20. The molecule has 0 amide bonds. The predicted molar refractivity (Wildman–Crippen MR) is 148 cm³/mol. The van der Waals surface area contributed by atoms with Gasteiger partial charge in [-0.25, -0.2) is 0 Å². The van der Waals surface area contributed by atoms with Gasteiger partial charge >= 0.3 is 0 Å². The number of hydrogen-bond donors (Lipinski definition) is 0. The summed E-state index contributed by atoms with van der Waals surface area (Å²) in [5.74, 6) is 2.45. The van der Waals surface area contributed by atoms with Crippen LogP contribution in [0.1, 0.15) is 81.4 Å². The Hall–Kier alpha value is -2.60. The monoisotopic (exact) mass is 450 g/mol. The number of allylic oxidation sites excluding steroid dienone is 2. The van der Waals surface area contributed by atoms with Crippen molar-refractivity contribution < 1.29 is 0 Å². The molecule has 1 atom stereocenters. The molecule has 4 rings (SSSR count). The Morgan fingerprint density at radius 3 is 1.85 bits per heavy atom. The van der Waals surface area contributed by atoms with Gasteiger partial charge in [-0.15, -0.1) is 0 Å². The van der Waals surface area contributed by atoms with E-state index in [2.05, 4.69) is 105 Å². The van der Waals surface area contributed by atoms with Crippen molar-refractivity contribution in [3.05, 3.63) is 108 Å². The molecule has 0 radical (unpaired) electrons. The molecule has 0 heterocycles. The van der Waals surface area contributed by atoms with Crippen LogP contribution in [0.2, 0.25) is 0 Å². The molecule has 1 fully saturated rings. The average molecular weight is 451 g/mol. The summed E-state index contributed by atoms with van der Waals surface area (Å²) < 4.78 is 0. The number of rotatable bonds is 10. The maximum absolute atomic E-state index is 2.35. The van der Waals surface area contributed by atoms with Gasteiger partial charge in [-0.2, -0.15) is 0 Å². The van der Waals surface area contributed by atoms with Crippen LogP contribution in [-0.2, 0) is 12.8 Å². The van der Waals surface area contributed by atoms with Gasteiger partial charge in [-0.05, 0) is 84.6 Å². The second-order valence-electron chi connectivity index (χ2n) is 10.5. The minimum atomic E-state index is 0.541. The molecule has 1 aliphatic rings. The van der Waals surface area contributed by atoms with E-state index in [9.17, 15) is 0 Å². The Kier molecular flexibility index (Phi) is 9.19. The van der Waals surface area contributed by atoms with Crippen molar-refractivity contribution in [3.63, 3.8) is 0 Å². The van der Waals surface area contributed by atoms with Crippen molar-refractivity contribution >= 4 is 0 Å². The van der Waals surface area contributed by atoms with Gasteiger partial charge in [0.2, 0.25) is 0 Å². The molecule has 0 unspecified atom stereocenters. The van der Waals surface area contributed by atoms with Gasteiger partial charge in [0, 0.05) is 0 Å². The highest BCUT2D eigenvalue weighted by molar-refractivity contribution is 5.64. The van der Waals surface area contributed by atoms with Gasteiger partial charge in [0.25, 0.3) is 0 Å². The smallest absolute Gasteiger partial charge is 0.0150 e. The largest absolute Gasteiger partial charge is 0.0917 e. The minimum Gasteiger partial charge on any atom is -0.0917 e. The fraction of sp³-hybridized carbons (Fsp3) is 0.412. The zero-order valence-electron chi connectivity index (χ0n) is 21.3. The van der Waals surface area contributed by atoms with Gasteiger partial charge in [-0.1, -0.05) is 124 Å². The van der Waals surface area contributed by atoms with E-state index < -0.39 is 0 Å². The summed E-state index contributed by atoms with van der Waals surface area (Å²) in [6.07, 6.45) is 16.6. The Bertz CT molecular complexity index is 986. The van der Waals surface area contributed by atoms with Crippen molar-refractivity contribution in [2.75, 3.05) is 0 Å². The van der Waals surface area contributed by atoms with E-state index in [0.29, 0.717) is 5.92 Å². The Morgan fingerprint density at radius 1 is 0.706 bits per heavy atom. The summed E-state index contributed by atoms with van der Waals surface area (Å²) in [6.45, 7) is 4.45. The van der Waals surface area contributed by atoms with Crippen LogP contribution in [0.15, 0.2) is 91.0 Å². The molecule has 3 aromatic rings. The highest BCUT2D eigenvalue weighted by Crippen LogP contribution is 2.34. The molecule has 0 spiro atoms. The highest BCUT2D eigenvalue weighted by atomic mass is 14.3. The van der Waals surface area contributed by atoms with Crippen molar-refractivity contribution in [2.24, 2.45) is 11.8 Å². The minimum absolute atomic E-state index is 0.541. The van der Waals surface area contributed by atoms with Crippen LogP contribution in [0, 0.1) is 11.8 Å². The Labute approximate surface area is 208 Å². The molecule has 0 aliphatic heterocycles. The number of aryl methyl sites for hydroxylation is 1. The van der Waals surface area contributed by atoms with Crippen LogP contribution >= 0.6 is 0 Å². The lowest BCUT2D eigenvalue weighted by Gasteiger charge is -2.28. The van der Waals surface area contributed by atoms with Crippen molar-refractivity contribution in [1.82, 2.24) is 0 Å². The van der Waals surface area contributed by atoms with E-state index in [1.807, 2.05) is 0 Å². The molecular formula is C34H42. The molecule has 178 valence electrons. The lowest BCUT2D eigenvalue weighted by molar-refractivity contribution is 0.254.